The highest BCUT2D eigenvalue weighted by Gasteiger charge is 1.93. The molecule has 0 unspecified atom stereocenters. The van der Waals surface area contributed by atoms with Gasteiger partial charge in [0.25, 0.3) is 0 Å². The number of hydrogen-bond acceptors (Lipinski definition) is 2. The number of pyridine rings is 1. The Balaban J connectivity index is 0.000000251. The van der Waals surface area contributed by atoms with E-state index in [4.69, 9.17) is 4.79 Å². The van der Waals surface area contributed by atoms with Crippen LogP contribution >= 0.6 is 0 Å². The van der Waals surface area contributed by atoms with Crippen LogP contribution in [0.25, 0.3) is 11.0 Å². The van der Waals surface area contributed by atoms with Gasteiger partial charge in [0.15, 0.2) is 0 Å². The number of aromatic nitrogens is 2. The summed E-state index contributed by atoms with van der Waals surface area (Å²) in [5.41, 5.74) is 3.31. The molecule has 0 saturated carbocycles. The number of nitrogens with one attached hydrogen (secondary N) is 1. The molecule has 3 heteroatoms. The lowest BCUT2D eigenvalue weighted by atomic mass is 10.4. The maximum absolute atomic E-state index is 8.81. The lowest BCUT2D eigenvalue weighted by molar-refractivity contribution is -0.106. The number of carbonyl (C=O) groups excluding carboxylic acids is 1. The highest BCUT2D eigenvalue weighted by molar-refractivity contribution is 5.75. The standard InChI is InChI=1S/C8H8N2.C2H4O/c1-6-5-8-7(10-6)3-2-4-9-8;1-2-3/h2-5,10H,1H3;2H,1H3. The molecule has 0 radical (unpaired) electrons. The van der Waals surface area contributed by atoms with E-state index in [9.17, 15) is 0 Å². The molecule has 0 atom stereocenters. The minimum absolute atomic E-state index is 0.750. The van der Waals surface area contributed by atoms with Gasteiger partial charge in [-0.25, -0.2) is 0 Å². The smallest absolute Gasteiger partial charge is 0.116 e. The zero-order valence-corrected chi connectivity index (χ0v) is 7.74. The molecule has 0 aliphatic rings. The number of H-pyrrole nitrogens is 1. The Bertz CT molecular complexity index is 359. The summed E-state index contributed by atoms with van der Waals surface area (Å²) < 4.78 is 0. The summed E-state index contributed by atoms with van der Waals surface area (Å²) in [6, 6.07) is 5.99. The van der Waals surface area contributed by atoms with Crippen molar-refractivity contribution in [2.24, 2.45) is 0 Å². The van der Waals surface area contributed by atoms with Gasteiger partial charge in [-0.05, 0) is 32.0 Å². The van der Waals surface area contributed by atoms with E-state index < -0.39 is 0 Å². The summed E-state index contributed by atoms with van der Waals surface area (Å²) in [7, 11) is 0. The number of fused-ring (bicyclic) bond motifs is 1. The van der Waals surface area contributed by atoms with Gasteiger partial charge in [-0.3, -0.25) is 4.98 Å². The van der Waals surface area contributed by atoms with E-state index in [0.29, 0.717) is 0 Å². The number of hydrogen-bond donors (Lipinski definition) is 1. The van der Waals surface area contributed by atoms with Crippen molar-refractivity contribution in [3.8, 4) is 0 Å². The largest absolute Gasteiger partial charge is 0.357 e. The van der Waals surface area contributed by atoms with Gasteiger partial charge in [-0.15, -0.1) is 0 Å². The number of nitrogens with zero attached hydrogens (tertiary/aromatic N) is 1. The van der Waals surface area contributed by atoms with Crippen LogP contribution in [-0.4, -0.2) is 16.3 Å². The summed E-state index contributed by atoms with van der Waals surface area (Å²) in [6.45, 7) is 3.47. The first-order valence-electron chi connectivity index (χ1n) is 4.08. The van der Waals surface area contributed by atoms with Crippen LogP contribution in [0.4, 0.5) is 0 Å². The van der Waals surface area contributed by atoms with E-state index in [2.05, 4.69) is 9.97 Å². The zero-order chi connectivity index (χ0) is 9.68. The minimum atomic E-state index is 0.750. The monoisotopic (exact) mass is 176 g/mol. The van der Waals surface area contributed by atoms with Crippen molar-refractivity contribution in [3.05, 3.63) is 30.1 Å². The van der Waals surface area contributed by atoms with Gasteiger partial charge in [-0.2, -0.15) is 0 Å². The lowest BCUT2D eigenvalue weighted by Gasteiger charge is -1.83. The van der Waals surface area contributed by atoms with Gasteiger partial charge in [-0.1, -0.05) is 0 Å². The molecule has 13 heavy (non-hydrogen) atoms. The molecule has 2 heterocycles. The van der Waals surface area contributed by atoms with Crippen molar-refractivity contribution < 1.29 is 4.79 Å². The summed E-state index contributed by atoms with van der Waals surface area (Å²) in [5.74, 6) is 0. The predicted molar refractivity (Wildman–Crippen MR) is 52.6 cm³/mol. The summed E-state index contributed by atoms with van der Waals surface area (Å²) in [5, 5.41) is 0. The normalized spacial score (nSPS) is 9.08. The highest BCUT2D eigenvalue weighted by atomic mass is 16.1. The molecular weight excluding hydrogens is 164 g/mol. The van der Waals surface area contributed by atoms with Crippen LogP contribution in [0.5, 0.6) is 0 Å². The van der Waals surface area contributed by atoms with Crippen molar-refractivity contribution in [2.75, 3.05) is 0 Å². The Labute approximate surface area is 76.8 Å². The molecule has 0 bridgehead atoms. The van der Waals surface area contributed by atoms with Crippen LogP contribution in [0.2, 0.25) is 0 Å². The van der Waals surface area contributed by atoms with Crippen molar-refractivity contribution in [1.82, 2.24) is 9.97 Å². The van der Waals surface area contributed by atoms with Gasteiger partial charge in [0.05, 0.1) is 11.0 Å². The van der Waals surface area contributed by atoms with E-state index >= 15 is 0 Å². The number of aldehydes is 1. The van der Waals surface area contributed by atoms with E-state index in [1.807, 2.05) is 25.1 Å². The van der Waals surface area contributed by atoms with E-state index in [0.717, 1.165) is 23.0 Å². The molecule has 2 aromatic heterocycles. The number of rotatable bonds is 0. The predicted octanol–water partition coefficient (Wildman–Crippen LogP) is 2.08. The molecular formula is C10H12N2O. The van der Waals surface area contributed by atoms with Crippen LogP contribution < -0.4 is 0 Å². The third-order valence-corrected chi connectivity index (χ3v) is 1.52. The van der Waals surface area contributed by atoms with Crippen LogP contribution in [0, 0.1) is 6.92 Å². The molecule has 0 fully saturated rings. The van der Waals surface area contributed by atoms with Gasteiger partial charge in [0.1, 0.15) is 6.29 Å². The first-order valence-corrected chi connectivity index (χ1v) is 4.08. The van der Waals surface area contributed by atoms with Gasteiger partial charge in [0.2, 0.25) is 0 Å². The first-order chi connectivity index (χ1) is 6.27. The lowest BCUT2D eigenvalue weighted by Crippen LogP contribution is -1.69. The van der Waals surface area contributed by atoms with Gasteiger partial charge < -0.3 is 9.78 Å². The van der Waals surface area contributed by atoms with Crippen molar-refractivity contribution in [1.29, 1.82) is 0 Å². The average Bonchev–Trinajstić information content (AvgIpc) is 2.45. The Kier molecular flexibility index (Phi) is 3.20. The summed E-state index contributed by atoms with van der Waals surface area (Å²) >= 11 is 0. The third-order valence-electron chi connectivity index (χ3n) is 1.52. The average molecular weight is 176 g/mol. The van der Waals surface area contributed by atoms with Crippen LogP contribution in [0.15, 0.2) is 24.4 Å². The third kappa shape index (κ3) is 2.40. The SMILES string of the molecule is CC=O.Cc1cc2ncccc2[nH]1. The molecule has 0 aliphatic carbocycles. The van der Waals surface area contributed by atoms with Crippen LogP contribution in [0.1, 0.15) is 12.6 Å². The van der Waals surface area contributed by atoms with Crippen LogP contribution in [0.3, 0.4) is 0 Å². The summed E-state index contributed by atoms with van der Waals surface area (Å²) in [4.78, 5) is 16.2. The molecule has 0 spiro atoms. The number of carbonyl (C=O) groups is 1. The number of aromatic amines is 1. The Morgan fingerprint density at radius 2 is 2.23 bits per heavy atom. The highest BCUT2D eigenvalue weighted by Crippen LogP contribution is 2.09. The fourth-order valence-corrected chi connectivity index (χ4v) is 1.09. The molecule has 1 N–H and O–H groups in total. The Morgan fingerprint density at radius 1 is 1.54 bits per heavy atom. The maximum atomic E-state index is 8.81. The fourth-order valence-electron chi connectivity index (χ4n) is 1.09. The molecule has 0 aliphatic heterocycles. The molecule has 2 aromatic rings. The number of aryl methyl sites for hydroxylation is 1. The van der Waals surface area contributed by atoms with Crippen molar-refractivity contribution in [2.45, 2.75) is 13.8 Å². The second-order valence-electron chi connectivity index (χ2n) is 2.62. The molecule has 68 valence electrons. The topological polar surface area (TPSA) is 45.8 Å². The van der Waals surface area contributed by atoms with E-state index in [-0.39, 0.29) is 0 Å². The Hall–Kier alpha value is -1.64. The quantitative estimate of drug-likeness (QED) is 0.624. The maximum Gasteiger partial charge on any atom is 0.116 e. The summed E-state index contributed by atoms with van der Waals surface area (Å²) in [6.07, 6.45) is 2.55. The minimum Gasteiger partial charge on any atom is -0.357 e. The molecule has 3 nitrogen and oxygen atoms in total. The van der Waals surface area contributed by atoms with Crippen molar-refractivity contribution in [3.63, 3.8) is 0 Å². The van der Waals surface area contributed by atoms with Crippen LogP contribution in [-0.2, 0) is 4.79 Å². The second kappa shape index (κ2) is 4.40. The van der Waals surface area contributed by atoms with E-state index in [1.54, 1.807) is 6.20 Å². The molecule has 0 aromatic carbocycles. The Morgan fingerprint density at radius 3 is 2.85 bits per heavy atom. The van der Waals surface area contributed by atoms with Gasteiger partial charge in [0, 0.05) is 11.9 Å². The second-order valence-corrected chi connectivity index (χ2v) is 2.62. The van der Waals surface area contributed by atoms with Crippen molar-refractivity contribution >= 4 is 17.3 Å². The molecule has 0 saturated heterocycles. The zero-order valence-electron chi connectivity index (χ0n) is 7.74. The van der Waals surface area contributed by atoms with Gasteiger partial charge >= 0.3 is 0 Å². The van der Waals surface area contributed by atoms with E-state index in [1.165, 1.54) is 6.92 Å². The fraction of sp³-hybridized carbons (Fsp3) is 0.200. The molecule has 0 amide bonds. The molecule has 2 rings (SSSR count). The first kappa shape index (κ1) is 9.45.